The Bertz CT molecular complexity index is 749. The first-order chi connectivity index (χ1) is 10.6. The van der Waals surface area contributed by atoms with E-state index in [2.05, 4.69) is 15.3 Å². The third-order valence-corrected chi connectivity index (χ3v) is 4.63. The van der Waals surface area contributed by atoms with Gasteiger partial charge in [-0.1, -0.05) is 23.9 Å². The molecule has 1 N–H and O–H groups in total. The molecule has 0 spiro atoms. The summed E-state index contributed by atoms with van der Waals surface area (Å²) >= 11 is 1.34. The molecule has 1 fully saturated rings. The lowest BCUT2D eigenvalue weighted by atomic mass is 10.3. The van der Waals surface area contributed by atoms with Crippen molar-refractivity contribution in [2.75, 3.05) is 13.1 Å². The number of imide groups is 1. The predicted octanol–water partition coefficient (Wildman–Crippen LogP) is 1.97. The number of carbonyl (C=O) groups is 2. The van der Waals surface area contributed by atoms with E-state index < -0.39 is 5.25 Å². The molecule has 0 radical (unpaired) electrons. The van der Waals surface area contributed by atoms with Crippen LogP contribution in [0.15, 0.2) is 29.3 Å². The summed E-state index contributed by atoms with van der Waals surface area (Å²) in [6.07, 6.45) is 0. The molecule has 6 nitrogen and oxygen atoms in total. The second kappa shape index (κ2) is 5.92. The van der Waals surface area contributed by atoms with Crippen molar-refractivity contribution in [3.63, 3.8) is 0 Å². The second-order valence-electron chi connectivity index (χ2n) is 5.08. The first-order valence-electron chi connectivity index (χ1n) is 7.05. The summed E-state index contributed by atoms with van der Waals surface area (Å²) in [6, 6.07) is 7.31. The van der Waals surface area contributed by atoms with Crippen LogP contribution in [0.2, 0.25) is 0 Å². The quantitative estimate of drug-likeness (QED) is 0.876. The molecule has 0 saturated carbocycles. The van der Waals surface area contributed by atoms with Crippen LogP contribution in [-0.2, 0) is 4.79 Å². The standard InChI is InChI=1S/C15H16N4O2S/c1-9-13(18-12-6-4-3-5-11(12)17-9)22-10(2)14(20)19-8-7-16-15(19)21/h3-6,10H,7-8H2,1-2H3,(H,16,21)/t10-/m0/s1. The summed E-state index contributed by atoms with van der Waals surface area (Å²) in [5, 5.41) is 2.96. The van der Waals surface area contributed by atoms with Crippen molar-refractivity contribution in [3.8, 4) is 0 Å². The van der Waals surface area contributed by atoms with E-state index in [1.807, 2.05) is 31.2 Å². The molecule has 1 aliphatic heterocycles. The first kappa shape index (κ1) is 14.8. The zero-order valence-electron chi connectivity index (χ0n) is 12.4. The number of rotatable bonds is 3. The lowest BCUT2D eigenvalue weighted by molar-refractivity contribution is -0.126. The van der Waals surface area contributed by atoms with Gasteiger partial charge >= 0.3 is 6.03 Å². The number of amides is 3. The smallest absolute Gasteiger partial charge is 0.324 e. The van der Waals surface area contributed by atoms with Crippen molar-refractivity contribution < 1.29 is 9.59 Å². The molecule has 2 aromatic rings. The van der Waals surface area contributed by atoms with Crippen LogP contribution in [0.5, 0.6) is 0 Å². The number of aromatic nitrogens is 2. The van der Waals surface area contributed by atoms with Crippen LogP contribution in [0.25, 0.3) is 11.0 Å². The van der Waals surface area contributed by atoms with E-state index in [0.29, 0.717) is 13.1 Å². The van der Waals surface area contributed by atoms with Gasteiger partial charge in [-0.15, -0.1) is 0 Å². The van der Waals surface area contributed by atoms with Crippen LogP contribution in [0.1, 0.15) is 12.6 Å². The number of thioether (sulfide) groups is 1. The molecule has 1 atom stereocenters. The minimum atomic E-state index is -0.391. The molecule has 22 heavy (non-hydrogen) atoms. The Labute approximate surface area is 132 Å². The van der Waals surface area contributed by atoms with Gasteiger partial charge in [0.1, 0.15) is 5.03 Å². The third-order valence-electron chi connectivity index (χ3n) is 3.46. The van der Waals surface area contributed by atoms with Crippen molar-refractivity contribution in [2.45, 2.75) is 24.1 Å². The van der Waals surface area contributed by atoms with E-state index in [4.69, 9.17) is 0 Å². The summed E-state index contributed by atoms with van der Waals surface area (Å²) in [7, 11) is 0. The normalized spacial score (nSPS) is 15.9. The average Bonchev–Trinajstić information content (AvgIpc) is 2.93. The number of benzene rings is 1. The Morgan fingerprint density at radius 3 is 2.64 bits per heavy atom. The van der Waals surface area contributed by atoms with Crippen LogP contribution in [0, 0.1) is 6.92 Å². The molecule has 3 rings (SSSR count). The SMILES string of the molecule is Cc1nc2ccccc2nc1S[C@@H](C)C(=O)N1CCNC1=O. The number of urea groups is 1. The molecule has 1 saturated heterocycles. The summed E-state index contributed by atoms with van der Waals surface area (Å²) in [4.78, 5) is 34.2. The van der Waals surface area contributed by atoms with Crippen LogP contribution < -0.4 is 5.32 Å². The van der Waals surface area contributed by atoms with Crippen molar-refractivity contribution in [1.82, 2.24) is 20.2 Å². The molecular formula is C15H16N4O2S. The number of para-hydroxylation sites is 2. The maximum Gasteiger partial charge on any atom is 0.324 e. The summed E-state index contributed by atoms with van der Waals surface area (Å²) in [6.45, 7) is 4.60. The van der Waals surface area contributed by atoms with E-state index in [9.17, 15) is 9.59 Å². The van der Waals surface area contributed by atoms with Crippen molar-refractivity contribution in [2.24, 2.45) is 0 Å². The van der Waals surface area contributed by atoms with Crippen molar-refractivity contribution >= 4 is 34.7 Å². The first-order valence-corrected chi connectivity index (χ1v) is 7.93. The van der Waals surface area contributed by atoms with E-state index in [1.54, 1.807) is 6.92 Å². The van der Waals surface area contributed by atoms with Gasteiger partial charge in [0.25, 0.3) is 0 Å². The van der Waals surface area contributed by atoms with Gasteiger partial charge in [0.15, 0.2) is 0 Å². The molecule has 1 aromatic carbocycles. The van der Waals surface area contributed by atoms with Gasteiger partial charge in [-0.05, 0) is 26.0 Å². The Kier molecular flexibility index (Phi) is 3.98. The lowest BCUT2D eigenvalue weighted by Crippen LogP contribution is -2.39. The molecule has 1 aromatic heterocycles. The lowest BCUT2D eigenvalue weighted by Gasteiger charge is -2.17. The topological polar surface area (TPSA) is 75.2 Å². The molecule has 114 valence electrons. The van der Waals surface area contributed by atoms with Crippen LogP contribution in [0.4, 0.5) is 4.79 Å². The van der Waals surface area contributed by atoms with Crippen LogP contribution in [0.3, 0.4) is 0 Å². The van der Waals surface area contributed by atoms with Gasteiger partial charge < -0.3 is 5.32 Å². The number of carbonyl (C=O) groups excluding carboxylic acids is 2. The Morgan fingerprint density at radius 2 is 2.00 bits per heavy atom. The molecule has 1 aliphatic rings. The third kappa shape index (κ3) is 2.76. The monoisotopic (exact) mass is 316 g/mol. The summed E-state index contributed by atoms with van der Waals surface area (Å²) in [5.74, 6) is -0.200. The molecule has 7 heteroatoms. The minimum absolute atomic E-state index is 0.200. The van der Waals surface area contributed by atoms with Gasteiger partial charge in [-0.3, -0.25) is 9.69 Å². The van der Waals surface area contributed by atoms with Gasteiger partial charge in [0.2, 0.25) is 5.91 Å². The van der Waals surface area contributed by atoms with E-state index in [-0.39, 0.29) is 11.9 Å². The fourth-order valence-corrected chi connectivity index (χ4v) is 3.23. The van der Waals surface area contributed by atoms with Crippen molar-refractivity contribution in [1.29, 1.82) is 0 Å². The van der Waals surface area contributed by atoms with Crippen LogP contribution in [-0.4, -0.2) is 45.1 Å². The molecular weight excluding hydrogens is 300 g/mol. The van der Waals surface area contributed by atoms with Gasteiger partial charge in [-0.2, -0.15) is 0 Å². The Morgan fingerprint density at radius 1 is 1.32 bits per heavy atom. The second-order valence-corrected chi connectivity index (χ2v) is 6.41. The molecule has 2 heterocycles. The maximum absolute atomic E-state index is 12.3. The number of nitrogens with one attached hydrogen (secondary N) is 1. The number of hydrogen-bond donors (Lipinski definition) is 1. The number of hydrogen-bond acceptors (Lipinski definition) is 5. The van der Waals surface area contributed by atoms with Gasteiger partial charge in [0.05, 0.1) is 22.0 Å². The number of nitrogens with zero attached hydrogens (tertiary/aromatic N) is 3. The van der Waals surface area contributed by atoms with E-state index in [1.165, 1.54) is 16.7 Å². The molecule has 0 unspecified atom stereocenters. The number of fused-ring (bicyclic) bond motifs is 1. The Balaban J connectivity index is 1.81. The van der Waals surface area contributed by atoms with Gasteiger partial charge in [0, 0.05) is 13.1 Å². The highest BCUT2D eigenvalue weighted by molar-refractivity contribution is 8.00. The molecule has 0 bridgehead atoms. The zero-order chi connectivity index (χ0) is 15.7. The van der Waals surface area contributed by atoms with Crippen LogP contribution >= 0.6 is 11.8 Å². The highest BCUT2D eigenvalue weighted by atomic mass is 32.2. The zero-order valence-corrected chi connectivity index (χ0v) is 13.2. The summed E-state index contributed by atoms with van der Waals surface area (Å²) < 4.78 is 0. The van der Waals surface area contributed by atoms with Gasteiger partial charge in [-0.25, -0.2) is 14.8 Å². The maximum atomic E-state index is 12.3. The largest absolute Gasteiger partial charge is 0.336 e. The Hall–Kier alpha value is -2.15. The van der Waals surface area contributed by atoms with E-state index >= 15 is 0 Å². The highest BCUT2D eigenvalue weighted by Gasteiger charge is 2.30. The molecule has 0 aliphatic carbocycles. The predicted molar refractivity (Wildman–Crippen MR) is 84.7 cm³/mol. The number of aryl methyl sites for hydroxylation is 1. The fourth-order valence-electron chi connectivity index (χ4n) is 2.30. The summed E-state index contributed by atoms with van der Waals surface area (Å²) in [5.41, 5.74) is 2.42. The fraction of sp³-hybridized carbons (Fsp3) is 0.333. The van der Waals surface area contributed by atoms with E-state index in [0.717, 1.165) is 21.8 Å². The molecule has 3 amide bonds. The van der Waals surface area contributed by atoms with Crippen molar-refractivity contribution in [3.05, 3.63) is 30.0 Å². The highest BCUT2D eigenvalue weighted by Crippen LogP contribution is 2.27. The average molecular weight is 316 g/mol. The minimum Gasteiger partial charge on any atom is -0.336 e.